The number of aliphatic imine (C=N–C) groups is 1. The fourth-order valence-electron chi connectivity index (χ4n) is 2.65. The fraction of sp³-hybridized carbons (Fsp3) is 0.381. The summed E-state index contributed by atoms with van der Waals surface area (Å²) in [5.74, 6) is 3.19. The molecule has 0 saturated heterocycles. The summed E-state index contributed by atoms with van der Waals surface area (Å²) in [5, 5.41) is 6.58. The van der Waals surface area contributed by atoms with Crippen molar-refractivity contribution in [1.29, 1.82) is 0 Å². The first-order valence-electron chi connectivity index (χ1n) is 9.48. The number of nitrogens with zero attached hydrogens (tertiary/aromatic N) is 1. The highest BCUT2D eigenvalue weighted by Gasteiger charge is 2.11. The van der Waals surface area contributed by atoms with E-state index in [0.717, 1.165) is 48.3 Å². The summed E-state index contributed by atoms with van der Waals surface area (Å²) in [4.78, 5) is 4.61. The number of fused-ring (bicyclic) bond motifs is 1. The molecule has 0 unspecified atom stereocenters. The molecule has 0 radical (unpaired) electrons. The molecule has 0 atom stereocenters. The average Bonchev–Trinajstić information content (AvgIpc) is 2.93. The van der Waals surface area contributed by atoms with Gasteiger partial charge in [-0.2, -0.15) is 0 Å². The van der Waals surface area contributed by atoms with Crippen LogP contribution in [-0.2, 0) is 0 Å². The number of hydrogen-bond acceptors (Lipinski definition) is 4. The summed E-state index contributed by atoms with van der Waals surface area (Å²) in [6, 6.07) is 15.7. The van der Waals surface area contributed by atoms with Crippen molar-refractivity contribution in [3.05, 3.63) is 48.5 Å². The van der Waals surface area contributed by atoms with Crippen molar-refractivity contribution in [1.82, 2.24) is 5.32 Å². The molecule has 3 rings (SSSR count). The minimum absolute atomic E-state index is 0. The summed E-state index contributed by atoms with van der Waals surface area (Å²) in [7, 11) is 0. The fourth-order valence-corrected chi connectivity index (χ4v) is 2.65. The second kappa shape index (κ2) is 12.3. The molecule has 1 aliphatic heterocycles. The first-order valence-corrected chi connectivity index (χ1v) is 9.48. The van der Waals surface area contributed by atoms with Crippen LogP contribution in [-0.4, -0.2) is 38.9 Å². The zero-order chi connectivity index (χ0) is 18.7. The molecular formula is C21H28IN3O3. The minimum Gasteiger partial charge on any atom is -0.494 e. The standard InChI is InChI=1S/C21H27N3O3.HI/c1-2-22-21(23-12-6-13-25-18-8-4-3-5-9-18)24-17-10-11-19-20(16-17)27-15-7-14-26-19;/h3-5,8-11,16H,2,6-7,12-15H2,1H3,(H2,22,23,24);1H. The molecule has 1 aliphatic rings. The quantitative estimate of drug-likeness (QED) is 0.258. The highest BCUT2D eigenvalue weighted by Crippen LogP contribution is 2.32. The van der Waals surface area contributed by atoms with Crippen molar-refractivity contribution in [2.24, 2.45) is 4.99 Å². The molecule has 2 aromatic rings. The summed E-state index contributed by atoms with van der Waals surface area (Å²) in [6.45, 7) is 5.51. The lowest BCUT2D eigenvalue weighted by molar-refractivity contribution is 0.297. The van der Waals surface area contributed by atoms with Crippen molar-refractivity contribution in [3.8, 4) is 17.2 Å². The zero-order valence-corrected chi connectivity index (χ0v) is 18.5. The second-order valence-electron chi connectivity index (χ2n) is 6.11. The van der Waals surface area contributed by atoms with E-state index in [1.807, 2.05) is 55.5 Å². The number of guanidine groups is 1. The first kappa shape index (κ1) is 22.1. The van der Waals surface area contributed by atoms with Gasteiger partial charge in [0.15, 0.2) is 17.5 Å². The van der Waals surface area contributed by atoms with Crippen LogP contribution in [0.3, 0.4) is 0 Å². The van der Waals surface area contributed by atoms with Crippen molar-refractivity contribution >= 4 is 35.6 Å². The van der Waals surface area contributed by atoms with Crippen LogP contribution in [0, 0.1) is 0 Å². The predicted molar refractivity (Wildman–Crippen MR) is 124 cm³/mol. The number of hydrogen-bond donors (Lipinski definition) is 2. The molecular weight excluding hydrogens is 469 g/mol. The van der Waals surface area contributed by atoms with Crippen LogP contribution in [0.2, 0.25) is 0 Å². The van der Waals surface area contributed by atoms with E-state index in [4.69, 9.17) is 14.2 Å². The average molecular weight is 497 g/mol. The molecule has 152 valence electrons. The zero-order valence-electron chi connectivity index (χ0n) is 16.1. The second-order valence-corrected chi connectivity index (χ2v) is 6.11. The van der Waals surface area contributed by atoms with Gasteiger partial charge in [0.2, 0.25) is 0 Å². The van der Waals surface area contributed by atoms with E-state index >= 15 is 0 Å². The van der Waals surface area contributed by atoms with Crippen molar-refractivity contribution in [2.75, 3.05) is 38.2 Å². The Morgan fingerprint density at radius 2 is 1.86 bits per heavy atom. The Kier molecular flexibility index (Phi) is 9.74. The van der Waals surface area contributed by atoms with Gasteiger partial charge >= 0.3 is 0 Å². The van der Waals surface area contributed by atoms with Crippen LogP contribution in [0.4, 0.5) is 5.69 Å². The summed E-state index contributed by atoms with van der Waals surface area (Å²) < 4.78 is 17.1. The number of benzene rings is 2. The first-order chi connectivity index (χ1) is 13.3. The third-order valence-electron chi connectivity index (χ3n) is 3.94. The molecule has 0 bridgehead atoms. The van der Waals surface area contributed by atoms with Gasteiger partial charge in [0.05, 0.1) is 19.8 Å². The molecule has 2 aromatic carbocycles. The summed E-state index contributed by atoms with van der Waals surface area (Å²) in [6.07, 6.45) is 1.74. The van der Waals surface area contributed by atoms with Crippen LogP contribution in [0.25, 0.3) is 0 Å². The molecule has 2 N–H and O–H groups in total. The number of anilines is 1. The molecule has 28 heavy (non-hydrogen) atoms. The maximum Gasteiger partial charge on any atom is 0.195 e. The molecule has 0 saturated carbocycles. The van der Waals surface area contributed by atoms with Gasteiger partial charge in [-0.05, 0) is 31.2 Å². The Morgan fingerprint density at radius 1 is 1.07 bits per heavy atom. The third-order valence-corrected chi connectivity index (χ3v) is 3.94. The summed E-state index contributed by atoms with van der Waals surface area (Å²) in [5.41, 5.74) is 0.916. The number of halogens is 1. The molecule has 0 fully saturated rings. The number of rotatable bonds is 7. The largest absolute Gasteiger partial charge is 0.494 e. The topological polar surface area (TPSA) is 64.1 Å². The van der Waals surface area contributed by atoms with Crippen LogP contribution in [0.5, 0.6) is 17.2 Å². The molecule has 0 aromatic heterocycles. The highest BCUT2D eigenvalue weighted by atomic mass is 127. The lowest BCUT2D eigenvalue weighted by Crippen LogP contribution is -2.30. The highest BCUT2D eigenvalue weighted by molar-refractivity contribution is 14.0. The molecule has 7 heteroatoms. The van der Waals surface area contributed by atoms with E-state index in [9.17, 15) is 0 Å². The summed E-state index contributed by atoms with van der Waals surface area (Å²) >= 11 is 0. The molecule has 0 amide bonds. The molecule has 0 aliphatic carbocycles. The van der Waals surface area contributed by atoms with Gasteiger partial charge in [-0.25, -0.2) is 0 Å². The van der Waals surface area contributed by atoms with E-state index in [1.54, 1.807) is 0 Å². The van der Waals surface area contributed by atoms with Gasteiger partial charge in [-0.3, -0.25) is 4.99 Å². The molecule has 6 nitrogen and oxygen atoms in total. The van der Waals surface area contributed by atoms with Crippen molar-refractivity contribution in [3.63, 3.8) is 0 Å². The third kappa shape index (κ3) is 7.10. The van der Waals surface area contributed by atoms with Gasteiger partial charge in [-0.1, -0.05) is 18.2 Å². The maximum atomic E-state index is 5.74. The van der Waals surface area contributed by atoms with E-state index in [0.29, 0.717) is 26.4 Å². The smallest absolute Gasteiger partial charge is 0.195 e. The van der Waals surface area contributed by atoms with Crippen LogP contribution >= 0.6 is 24.0 Å². The van der Waals surface area contributed by atoms with E-state index in [-0.39, 0.29) is 24.0 Å². The SMILES string of the molecule is CCNC(=NCCCOc1ccccc1)Nc1ccc2c(c1)OCCCO2.I. The van der Waals surface area contributed by atoms with Gasteiger partial charge in [0.1, 0.15) is 5.75 Å². The van der Waals surface area contributed by atoms with E-state index in [1.165, 1.54) is 0 Å². The van der Waals surface area contributed by atoms with Crippen molar-refractivity contribution < 1.29 is 14.2 Å². The molecule has 0 spiro atoms. The Balaban J connectivity index is 0.00000280. The number of nitrogens with one attached hydrogen (secondary N) is 2. The van der Waals surface area contributed by atoms with Crippen LogP contribution in [0.1, 0.15) is 19.8 Å². The van der Waals surface area contributed by atoms with E-state index < -0.39 is 0 Å². The van der Waals surface area contributed by atoms with Gasteiger partial charge in [-0.15, -0.1) is 24.0 Å². The lowest BCUT2D eigenvalue weighted by atomic mass is 10.3. The van der Waals surface area contributed by atoms with Crippen molar-refractivity contribution in [2.45, 2.75) is 19.8 Å². The van der Waals surface area contributed by atoms with Crippen LogP contribution < -0.4 is 24.8 Å². The minimum atomic E-state index is 0. The van der Waals surface area contributed by atoms with E-state index in [2.05, 4.69) is 15.6 Å². The maximum absolute atomic E-state index is 5.74. The predicted octanol–water partition coefficient (Wildman–Crippen LogP) is 4.31. The molecule has 1 heterocycles. The van der Waals surface area contributed by atoms with Gasteiger partial charge < -0.3 is 24.8 Å². The van der Waals surface area contributed by atoms with Crippen LogP contribution in [0.15, 0.2) is 53.5 Å². The van der Waals surface area contributed by atoms with Gasteiger partial charge in [0.25, 0.3) is 0 Å². The Bertz CT molecular complexity index is 741. The Hall–Kier alpha value is -2.16. The van der Waals surface area contributed by atoms with Gasteiger partial charge in [0, 0.05) is 37.7 Å². The number of ether oxygens (including phenoxy) is 3. The Labute approximate surface area is 183 Å². The normalized spacial score (nSPS) is 13.1. The lowest BCUT2D eigenvalue weighted by Gasteiger charge is -2.13. The Morgan fingerprint density at radius 3 is 2.64 bits per heavy atom. The number of para-hydroxylation sites is 1. The monoisotopic (exact) mass is 497 g/mol.